The normalized spacial score (nSPS) is 11.0. The summed E-state index contributed by atoms with van der Waals surface area (Å²) in [5, 5.41) is 2.50. The lowest BCUT2D eigenvalue weighted by Gasteiger charge is -2.12. The number of H-pyrrole nitrogens is 1. The largest absolute Gasteiger partial charge is 0.491 e. The molecular formula is C21H12ClF4N3O2. The van der Waals surface area contributed by atoms with Crippen molar-refractivity contribution in [2.24, 2.45) is 0 Å². The van der Waals surface area contributed by atoms with Gasteiger partial charge in [0.25, 0.3) is 5.91 Å². The van der Waals surface area contributed by atoms with Crippen LogP contribution in [0.3, 0.4) is 0 Å². The van der Waals surface area contributed by atoms with Crippen LogP contribution in [0.2, 0.25) is 5.02 Å². The third kappa shape index (κ3) is 3.57. The summed E-state index contributed by atoms with van der Waals surface area (Å²) in [6, 6.07) is 11.4. The number of imidazole rings is 1. The molecule has 0 aliphatic carbocycles. The molecule has 5 nitrogen and oxygen atoms in total. The number of anilines is 1. The van der Waals surface area contributed by atoms with Gasteiger partial charge in [0.05, 0.1) is 23.2 Å². The van der Waals surface area contributed by atoms with Gasteiger partial charge in [-0.05, 0) is 30.3 Å². The number of rotatable bonds is 4. The number of methoxy groups -OCH3 is 1. The van der Waals surface area contributed by atoms with Crippen LogP contribution < -0.4 is 10.1 Å². The molecule has 1 aromatic heterocycles. The van der Waals surface area contributed by atoms with Crippen LogP contribution in [0, 0.1) is 23.3 Å². The molecule has 0 saturated carbocycles. The van der Waals surface area contributed by atoms with Gasteiger partial charge in [0, 0.05) is 11.3 Å². The van der Waals surface area contributed by atoms with Crippen LogP contribution in [0.25, 0.3) is 22.4 Å². The van der Waals surface area contributed by atoms with Crippen molar-refractivity contribution in [3.63, 3.8) is 0 Å². The number of aromatic nitrogens is 2. The van der Waals surface area contributed by atoms with E-state index < -0.39 is 40.5 Å². The number of fused-ring (bicyclic) bond motifs is 1. The van der Waals surface area contributed by atoms with E-state index in [4.69, 9.17) is 11.6 Å². The minimum Gasteiger partial charge on any atom is -0.491 e. The molecule has 2 N–H and O–H groups in total. The molecule has 0 unspecified atom stereocenters. The smallest absolute Gasteiger partial charge is 0.261 e. The average molecular weight is 450 g/mol. The van der Waals surface area contributed by atoms with E-state index in [-0.39, 0.29) is 10.7 Å². The Balaban J connectivity index is 1.71. The van der Waals surface area contributed by atoms with E-state index in [1.54, 1.807) is 12.1 Å². The Morgan fingerprint density at radius 3 is 2.35 bits per heavy atom. The molecule has 3 aromatic carbocycles. The van der Waals surface area contributed by atoms with E-state index >= 15 is 0 Å². The van der Waals surface area contributed by atoms with Crippen LogP contribution in [-0.2, 0) is 0 Å². The summed E-state index contributed by atoms with van der Waals surface area (Å²) in [4.78, 5) is 19.9. The molecule has 0 bridgehead atoms. The highest BCUT2D eigenvalue weighted by Crippen LogP contribution is 2.32. The molecule has 0 spiro atoms. The zero-order valence-electron chi connectivity index (χ0n) is 15.7. The van der Waals surface area contributed by atoms with E-state index in [9.17, 15) is 22.4 Å². The number of hydrogen-bond acceptors (Lipinski definition) is 3. The van der Waals surface area contributed by atoms with E-state index in [1.807, 2.05) is 12.1 Å². The molecule has 4 aromatic rings. The van der Waals surface area contributed by atoms with E-state index in [0.717, 1.165) is 12.6 Å². The summed E-state index contributed by atoms with van der Waals surface area (Å²) in [6.07, 6.45) is 0. The molecule has 0 saturated heterocycles. The maximum Gasteiger partial charge on any atom is 0.261 e. The molecule has 0 fully saturated rings. The second-order valence-corrected chi connectivity index (χ2v) is 6.82. The minimum atomic E-state index is -1.88. The Morgan fingerprint density at radius 2 is 1.71 bits per heavy atom. The van der Waals surface area contributed by atoms with Gasteiger partial charge in [0.1, 0.15) is 11.4 Å². The van der Waals surface area contributed by atoms with Crippen molar-refractivity contribution in [2.75, 3.05) is 12.4 Å². The number of benzene rings is 3. The second kappa shape index (κ2) is 7.92. The number of para-hydroxylation sites is 2. The quantitative estimate of drug-likeness (QED) is 0.310. The highest BCUT2D eigenvalue weighted by atomic mass is 35.5. The summed E-state index contributed by atoms with van der Waals surface area (Å²) >= 11 is 6.23. The molecular weight excluding hydrogens is 438 g/mol. The summed E-state index contributed by atoms with van der Waals surface area (Å²) in [5.74, 6) is -9.64. The number of carbonyl (C=O) groups excluding carboxylic acids is 1. The van der Waals surface area contributed by atoms with Gasteiger partial charge >= 0.3 is 0 Å². The summed E-state index contributed by atoms with van der Waals surface area (Å²) < 4.78 is 60.6. The van der Waals surface area contributed by atoms with E-state index in [2.05, 4.69) is 20.0 Å². The first-order chi connectivity index (χ1) is 14.8. The first-order valence-corrected chi connectivity index (χ1v) is 9.15. The fourth-order valence-electron chi connectivity index (χ4n) is 3.05. The van der Waals surface area contributed by atoms with Crippen molar-refractivity contribution < 1.29 is 27.1 Å². The Labute approximate surface area is 177 Å². The van der Waals surface area contributed by atoms with Crippen molar-refractivity contribution in [3.8, 4) is 17.1 Å². The van der Waals surface area contributed by atoms with Crippen LogP contribution in [0.5, 0.6) is 5.75 Å². The minimum absolute atomic E-state index is 0.0697. The van der Waals surface area contributed by atoms with Gasteiger partial charge in [-0.3, -0.25) is 4.79 Å². The Kier molecular flexibility index (Phi) is 5.28. The zero-order chi connectivity index (χ0) is 22.3. The lowest BCUT2D eigenvalue weighted by Crippen LogP contribution is -2.19. The third-order valence-corrected chi connectivity index (χ3v) is 4.85. The predicted octanol–water partition coefficient (Wildman–Crippen LogP) is 5.70. The molecule has 1 amide bonds. The molecule has 0 aliphatic rings. The van der Waals surface area contributed by atoms with Crippen molar-refractivity contribution in [3.05, 3.63) is 76.3 Å². The maximum absolute atomic E-state index is 14.2. The van der Waals surface area contributed by atoms with Gasteiger partial charge in [0.15, 0.2) is 17.4 Å². The van der Waals surface area contributed by atoms with E-state index in [1.165, 1.54) is 18.2 Å². The van der Waals surface area contributed by atoms with Crippen LogP contribution >= 0.6 is 11.6 Å². The molecule has 0 atom stereocenters. The number of amides is 1. The van der Waals surface area contributed by atoms with Gasteiger partial charge in [0.2, 0.25) is 11.6 Å². The highest BCUT2D eigenvalue weighted by Gasteiger charge is 2.30. The Hall–Kier alpha value is -3.59. The fourth-order valence-corrected chi connectivity index (χ4v) is 3.26. The number of aromatic amines is 1. The van der Waals surface area contributed by atoms with Crippen molar-refractivity contribution in [1.29, 1.82) is 0 Å². The highest BCUT2D eigenvalue weighted by molar-refractivity contribution is 6.33. The van der Waals surface area contributed by atoms with Gasteiger partial charge < -0.3 is 15.0 Å². The molecule has 31 heavy (non-hydrogen) atoms. The number of nitrogens with one attached hydrogen (secondary N) is 2. The first kappa shape index (κ1) is 20.7. The maximum atomic E-state index is 14.2. The first-order valence-electron chi connectivity index (χ1n) is 8.77. The zero-order valence-corrected chi connectivity index (χ0v) is 16.5. The van der Waals surface area contributed by atoms with Crippen molar-refractivity contribution in [2.45, 2.75) is 0 Å². The van der Waals surface area contributed by atoms with Gasteiger partial charge in [-0.15, -0.1) is 0 Å². The number of hydrogen-bond donors (Lipinski definition) is 2. The standard InChI is InChI=1S/C21H12ClF4N3O2/c1-31-19-17(25)15(23)14(16(24)18(19)26)21(30)27-9-6-7-11(22)10(8-9)20-28-12-4-2-3-5-13(12)29-20/h2-8H,1H3,(H,27,30)(H,28,29). The topological polar surface area (TPSA) is 67.0 Å². The molecule has 1 heterocycles. The van der Waals surface area contributed by atoms with Gasteiger partial charge in [-0.25, -0.2) is 13.8 Å². The number of halogens is 5. The number of carbonyl (C=O) groups is 1. The fraction of sp³-hybridized carbons (Fsp3) is 0.0476. The summed E-state index contributed by atoms with van der Waals surface area (Å²) in [7, 11) is 0.841. The lowest BCUT2D eigenvalue weighted by atomic mass is 10.1. The van der Waals surface area contributed by atoms with Crippen molar-refractivity contribution in [1.82, 2.24) is 9.97 Å². The Morgan fingerprint density at radius 1 is 1.03 bits per heavy atom. The molecule has 0 radical (unpaired) electrons. The Bertz CT molecular complexity index is 1280. The van der Waals surface area contributed by atoms with Gasteiger partial charge in [-0.1, -0.05) is 23.7 Å². The second-order valence-electron chi connectivity index (χ2n) is 6.42. The molecule has 0 aliphatic heterocycles. The van der Waals surface area contributed by atoms with E-state index in [0.29, 0.717) is 16.9 Å². The van der Waals surface area contributed by atoms with Crippen LogP contribution in [-0.4, -0.2) is 23.0 Å². The van der Waals surface area contributed by atoms with Crippen LogP contribution in [0.4, 0.5) is 23.2 Å². The van der Waals surface area contributed by atoms with Crippen LogP contribution in [0.15, 0.2) is 42.5 Å². The predicted molar refractivity (Wildman–Crippen MR) is 107 cm³/mol. The molecule has 4 rings (SSSR count). The number of nitrogens with zero attached hydrogens (tertiary/aromatic N) is 1. The molecule has 158 valence electrons. The monoisotopic (exact) mass is 449 g/mol. The SMILES string of the molecule is COc1c(F)c(F)c(C(=O)Nc2ccc(Cl)c(-c3nc4ccccc4[nH]3)c2)c(F)c1F. The lowest BCUT2D eigenvalue weighted by molar-refractivity contribution is 0.101. The average Bonchev–Trinajstić information content (AvgIpc) is 3.18. The third-order valence-electron chi connectivity index (χ3n) is 4.52. The van der Waals surface area contributed by atoms with Crippen molar-refractivity contribution >= 4 is 34.2 Å². The number of ether oxygens (including phenoxy) is 1. The van der Waals surface area contributed by atoms with Gasteiger partial charge in [-0.2, -0.15) is 8.78 Å². The summed E-state index contributed by atoms with van der Waals surface area (Å²) in [6.45, 7) is 0. The van der Waals surface area contributed by atoms with Crippen LogP contribution in [0.1, 0.15) is 10.4 Å². The summed E-state index contributed by atoms with van der Waals surface area (Å²) in [5.41, 5.74) is 0.465. The molecule has 10 heteroatoms.